The standard InChI is InChI=1S/C31H31ClF3N5O4/c1-4-40-12-10-19(11-13-40)37-28(42)20-14-25(43-3)23(15-22(20)32)38-30-36-16-21(31(33,34)35)29(39-30)44-24-7-5-6-18-9-8-17(2)27(41)26(18)24/h5-8,14-16,19H,4,9-13H2,1-3H3,(H,37,42)(H,36,38,39). The number of carbonyl (C=O) groups is 2. The first-order chi connectivity index (χ1) is 21.0. The Morgan fingerprint density at radius 3 is 2.61 bits per heavy atom. The number of hydrogen-bond acceptors (Lipinski definition) is 8. The molecule has 1 fully saturated rings. The number of aromatic nitrogens is 2. The molecule has 0 bridgehead atoms. The molecule has 1 aromatic heterocycles. The lowest BCUT2D eigenvalue weighted by Gasteiger charge is -2.31. The Labute approximate surface area is 257 Å². The molecule has 0 atom stereocenters. The zero-order chi connectivity index (χ0) is 31.6. The van der Waals surface area contributed by atoms with Gasteiger partial charge in [-0.05, 0) is 62.1 Å². The van der Waals surface area contributed by atoms with Crippen LogP contribution >= 0.6 is 11.6 Å². The summed E-state index contributed by atoms with van der Waals surface area (Å²) in [5.74, 6) is -1.60. The van der Waals surface area contributed by atoms with E-state index in [2.05, 4.69) is 32.4 Å². The molecule has 3 aromatic rings. The fourth-order valence-electron chi connectivity index (χ4n) is 5.22. The van der Waals surface area contributed by atoms with Gasteiger partial charge in [0.05, 0.1) is 28.9 Å². The minimum atomic E-state index is -4.84. The highest BCUT2D eigenvalue weighted by molar-refractivity contribution is 6.34. The van der Waals surface area contributed by atoms with Crippen LogP contribution in [-0.4, -0.2) is 59.3 Å². The lowest BCUT2D eigenvalue weighted by Crippen LogP contribution is -2.44. The van der Waals surface area contributed by atoms with Gasteiger partial charge in [-0.25, -0.2) is 4.98 Å². The van der Waals surface area contributed by atoms with E-state index in [1.807, 2.05) is 0 Å². The molecule has 1 aliphatic heterocycles. The van der Waals surface area contributed by atoms with Crippen molar-refractivity contribution in [1.29, 1.82) is 0 Å². The number of methoxy groups -OCH3 is 1. The number of likely N-dealkylation sites (tertiary alicyclic amines) is 1. The van der Waals surface area contributed by atoms with Gasteiger partial charge in [-0.3, -0.25) is 9.59 Å². The molecule has 13 heteroatoms. The van der Waals surface area contributed by atoms with Gasteiger partial charge in [0.15, 0.2) is 5.78 Å². The van der Waals surface area contributed by atoms with Crippen molar-refractivity contribution in [3.8, 4) is 17.4 Å². The first kappa shape index (κ1) is 31.3. The molecule has 232 valence electrons. The summed E-state index contributed by atoms with van der Waals surface area (Å²) >= 11 is 6.48. The monoisotopic (exact) mass is 629 g/mol. The van der Waals surface area contributed by atoms with Crippen LogP contribution in [0.25, 0.3) is 0 Å². The molecule has 2 aliphatic rings. The van der Waals surface area contributed by atoms with Crippen molar-refractivity contribution in [2.45, 2.75) is 45.3 Å². The second-order valence-corrected chi connectivity index (χ2v) is 11.0. The van der Waals surface area contributed by atoms with Crippen molar-refractivity contribution in [1.82, 2.24) is 20.2 Å². The van der Waals surface area contributed by atoms with Crippen LogP contribution in [0.2, 0.25) is 5.02 Å². The predicted octanol–water partition coefficient (Wildman–Crippen LogP) is 6.59. The van der Waals surface area contributed by atoms with E-state index < -0.39 is 17.6 Å². The lowest BCUT2D eigenvalue weighted by atomic mass is 9.90. The van der Waals surface area contributed by atoms with Crippen LogP contribution in [-0.2, 0) is 12.6 Å². The van der Waals surface area contributed by atoms with Gasteiger partial charge in [0.1, 0.15) is 17.1 Å². The number of hydrogen-bond donors (Lipinski definition) is 2. The lowest BCUT2D eigenvalue weighted by molar-refractivity contribution is -0.139. The maximum atomic E-state index is 14.0. The number of nitrogens with zero attached hydrogens (tertiary/aromatic N) is 3. The third-order valence-electron chi connectivity index (χ3n) is 7.74. The number of fused-ring (bicyclic) bond motifs is 1. The van der Waals surface area contributed by atoms with Gasteiger partial charge in [-0.2, -0.15) is 18.2 Å². The van der Waals surface area contributed by atoms with Crippen LogP contribution in [0, 0.1) is 0 Å². The number of halogens is 4. The first-order valence-electron chi connectivity index (χ1n) is 14.1. The van der Waals surface area contributed by atoms with E-state index in [0.29, 0.717) is 23.8 Å². The van der Waals surface area contributed by atoms with Gasteiger partial charge in [-0.15, -0.1) is 0 Å². The number of ether oxygens (including phenoxy) is 2. The molecule has 0 radical (unpaired) electrons. The Morgan fingerprint density at radius 1 is 1.18 bits per heavy atom. The van der Waals surface area contributed by atoms with Crippen molar-refractivity contribution in [2.24, 2.45) is 0 Å². The molecule has 1 saturated heterocycles. The normalized spacial score (nSPS) is 15.8. The van der Waals surface area contributed by atoms with E-state index >= 15 is 0 Å². The largest absolute Gasteiger partial charge is 0.495 e. The van der Waals surface area contributed by atoms with Crippen LogP contribution in [0.5, 0.6) is 17.4 Å². The van der Waals surface area contributed by atoms with Crippen molar-refractivity contribution in [3.63, 3.8) is 0 Å². The summed E-state index contributed by atoms with van der Waals surface area (Å²) in [5, 5.41) is 5.93. The van der Waals surface area contributed by atoms with E-state index in [-0.39, 0.29) is 57.0 Å². The minimum Gasteiger partial charge on any atom is -0.495 e. The molecule has 5 rings (SSSR count). The van der Waals surface area contributed by atoms with E-state index in [4.69, 9.17) is 21.1 Å². The molecule has 0 unspecified atom stereocenters. The number of benzene rings is 2. The Kier molecular flexibility index (Phi) is 9.12. The van der Waals surface area contributed by atoms with Gasteiger partial charge in [-0.1, -0.05) is 36.7 Å². The second-order valence-electron chi connectivity index (χ2n) is 10.6. The number of carbonyl (C=O) groups excluding carboxylic acids is 2. The zero-order valence-corrected chi connectivity index (χ0v) is 25.1. The minimum absolute atomic E-state index is 0.00887. The summed E-state index contributed by atoms with van der Waals surface area (Å²) in [5.41, 5.74) is 0.466. The van der Waals surface area contributed by atoms with E-state index in [1.165, 1.54) is 25.3 Å². The summed E-state index contributed by atoms with van der Waals surface area (Å²) in [7, 11) is 1.38. The van der Waals surface area contributed by atoms with Crippen molar-refractivity contribution >= 4 is 34.9 Å². The average molecular weight is 630 g/mol. The molecule has 2 N–H and O–H groups in total. The van der Waals surface area contributed by atoms with E-state index in [1.54, 1.807) is 25.1 Å². The number of rotatable bonds is 8. The molecular weight excluding hydrogens is 599 g/mol. The third-order valence-corrected chi connectivity index (χ3v) is 8.05. The van der Waals surface area contributed by atoms with Crippen LogP contribution in [0.3, 0.4) is 0 Å². The highest BCUT2D eigenvalue weighted by Gasteiger charge is 2.37. The fraction of sp³-hybridized carbons (Fsp3) is 0.355. The van der Waals surface area contributed by atoms with Crippen molar-refractivity contribution in [2.75, 3.05) is 32.1 Å². The molecule has 2 heterocycles. The maximum absolute atomic E-state index is 14.0. The third kappa shape index (κ3) is 6.66. The summed E-state index contributed by atoms with van der Waals surface area (Å²) < 4.78 is 53.0. The summed E-state index contributed by atoms with van der Waals surface area (Å²) in [6.45, 7) is 6.47. The molecule has 9 nitrogen and oxygen atoms in total. The van der Waals surface area contributed by atoms with Gasteiger partial charge in [0.25, 0.3) is 5.91 Å². The average Bonchev–Trinajstić information content (AvgIpc) is 2.99. The van der Waals surface area contributed by atoms with Gasteiger partial charge < -0.3 is 25.0 Å². The Hall–Kier alpha value is -4.16. The van der Waals surface area contributed by atoms with E-state index in [9.17, 15) is 22.8 Å². The van der Waals surface area contributed by atoms with Gasteiger partial charge in [0.2, 0.25) is 11.8 Å². The quantitative estimate of drug-likeness (QED) is 0.287. The second kappa shape index (κ2) is 12.8. The number of amides is 1. The Balaban J connectivity index is 1.41. The smallest absolute Gasteiger partial charge is 0.423 e. The van der Waals surface area contributed by atoms with Crippen LogP contribution in [0.1, 0.15) is 58.5 Å². The summed E-state index contributed by atoms with van der Waals surface area (Å²) in [4.78, 5) is 36.1. The van der Waals surface area contributed by atoms with Crippen molar-refractivity contribution in [3.05, 3.63) is 75.5 Å². The number of allylic oxidation sites excluding steroid dienone is 2. The molecular formula is C31H31ClF3N5O4. The van der Waals surface area contributed by atoms with Gasteiger partial charge in [0, 0.05) is 25.3 Å². The van der Waals surface area contributed by atoms with E-state index in [0.717, 1.165) is 32.5 Å². The number of anilines is 2. The Bertz CT molecular complexity index is 1620. The summed E-state index contributed by atoms with van der Waals surface area (Å²) in [6, 6.07) is 7.61. The molecule has 2 aromatic carbocycles. The predicted molar refractivity (Wildman–Crippen MR) is 159 cm³/mol. The molecule has 1 amide bonds. The van der Waals surface area contributed by atoms with Crippen LogP contribution in [0.15, 0.2) is 48.2 Å². The fourth-order valence-corrected chi connectivity index (χ4v) is 5.47. The summed E-state index contributed by atoms with van der Waals surface area (Å²) in [6.07, 6.45) is -0.413. The van der Waals surface area contributed by atoms with Crippen molar-refractivity contribution < 1.29 is 32.2 Å². The Morgan fingerprint density at radius 2 is 1.93 bits per heavy atom. The van der Waals surface area contributed by atoms with Gasteiger partial charge >= 0.3 is 6.18 Å². The molecule has 0 spiro atoms. The van der Waals surface area contributed by atoms with Crippen LogP contribution in [0.4, 0.5) is 24.8 Å². The first-order valence-corrected chi connectivity index (χ1v) is 14.5. The number of nitrogens with one attached hydrogen (secondary N) is 2. The van der Waals surface area contributed by atoms with Crippen LogP contribution < -0.4 is 20.1 Å². The molecule has 44 heavy (non-hydrogen) atoms. The zero-order valence-electron chi connectivity index (χ0n) is 24.3. The highest BCUT2D eigenvalue weighted by Crippen LogP contribution is 2.40. The highest BCUT2D eigenvalue weighted by atomic mass is 35.5. The maximum Gasteiger partial charge on any atom is 0.423 e. The topological polar surface area (TPSA) is 106 Å². The number of piperidine rings is 1. The number of alkyl halides is 3. The molecule has 1 aliphatic carbocycles. The number of ketones is 1. The number of Topliss-reactive ketones (excluding diaryl/α,β-unsaturated/α-hetero) is 1. The SMILES string of the molecule is CCN1CCC(NC(=O)c2cc(OC)c(Nc3ncc(C(F)(F)F)c(Oc4cccc5c4C(=O)C(C)=CC5)n3)cc2Cl)CC1. The molecule has 0 saturated carbocycles.